The number of carbonyl (C=O) groups excluding carboxylic acids is 1. The topological polar surface area (TPSA) is 41.6 Å². The highest BCUT2D eigenvalue weighted by Gasteiger charge is 2.21. The highest BCUT2D eigenvalue weighted by molar-refractivity contribution is 5.74. The van der Waals surface area contributed by atoms with Crippen LogP contribution in [0, 0.1) is 0 Å². The molecule has 0 radical (unpaired) electrons. The van der Waals surface area contributed by atoms with Crippen molar-refractivity contribution in [1.29, 1.82) is 0 Å². The van der Waals surface area contributed by atoms with Gasteiger partial charge >= 0.3 is 6.03 Å². The number of amides is 2. The first-order valence-electron chi connectivity index (χ1n) is 8.06. The molecule has 0 aromatic heterocycles. The summed E-state index contributed by atoms with van der Waals surface area (Å²) < 4.78 is 5.52. The first-order chi connectivity index (χ1) is 11.3. The summed E-state index contributed by atoms with van der Waals surface area (Å²) in [4.78, 5) is 14.5. The SMILES string of the molecule is O=C(NC1CCCO1)N(Cc1ccccc1)Cc1ccccc1. The van der Waals surface area contributed by atoms with E-state index in [1.54, 1.807) is 0 Å². The smallest absolute Gasteiger partial charge is 0.320 e. The van der Waals surface area contributed by atoms with Gasteiger partial charge in [0.15, 0.2) is 0 Å². The van der Waals surface area contributed by atoms with E-state index in [4.69, 9.17) is 4.74 Å². The molecule has 0 saturated carbocycles. The van der Waals surface area contributed by atoms with Gasteiger partial charge in [0.1, 0.15) is 6.23 Å². The Bertz CT molecular complexity index is 568. The molecular formula is C19H22N2O2. The summed E-state index contributed by atoms with van der Waals surface area (Å²) >= 11 is 0. The molecule has 1 aliphatic heterocycles. The quantitative estimate of drug-likeness (QED) is 0.918. The van der Waals surface area contributed by atoms with E-state index in [1.165, 1.54) is 0 Å². The summed E-state index contributed by atoms with van der Waals surface area (Å²) in [6.45, 7) is 1.88. The predicted octanol–water partition coefficient (Wildman–Crippen LogP) is 3.53. The fourth-order valence-electron chi connectivity index (χ4n) is 2.73. The third kappa shape index (κ3) is 4.57. The number of carbonyl (C=O) groups is 1. The Morgan fingerprint density at radius 2 is 1.57 bits per heavy atom. The molecule has 1 unspecified atom stereocenters. The number of benzene rings is 2. The minimum absolute atomic E-state index is 0.0791. The van der Waals surface area contributed by atoms with Gasteiger partial charge in [-0.2, -0.15) is 0 Å². The van der Waals surface area contributed by atoms with Crippen LogP contribution in [0.3, 0.4) is 0 Å². The molecule has 2 amide bonds. The number of urea groups is 1. The van der Waals surface area contributed by atoms with Crippen LogP contribution in [0.2, 0.25) is 0 Å². The summed E-state index contributed by atoms with van der Waals surface area (Å²) in [5, 5.41) is 2.98. The van der Waals surface area contributed by atoms with Crippen LogP contribution in [-0.2, 0) is 17.8 Å². The van der Waals surface area contributed by atoms with Crippen molar-refractivity contribution in [3.05, 3.63) is 71.8 Å². The van der Waals surface area contributed by atoms with Crippen LogP contribution in [0.15, 0.2) is 60.7 Å². The lowest BCUT2D eigenvalue weighted by Crippen LogP contribution is -2.44. The van der Waals surface area contributed by atoms with Gasteiger partial charge in [0.25, 0.3) is 0 Å². The molecule has 2 aromatic rings. The van der Waals surface area contributed by atoms with Crippen LogP contribution in [-0.4, -0.2) is 23.8 Å². The number of ether oxygens (including phenoxy) is 1. The van der Waals surface area contributed by atoms with E-state index in [9.17, 15) is 4.79 Å². The maximum absolute atomic E-state index is 12.6. The molecule has 23 heavy (non-hydrogen) atoms. The van der Waals surface area contributed by atoms with Gasteiger partial charge in [-0.1, -0.05) is 60.7 Å². The van der Waals surface area contributed by atoms with Crippen LogP contribution in [0.4, 0.5) is 4.79 Å². The Balaban J connectivity index is 1.70. The van der Waals surface area contributed by atoms with Gasteiger partial charge in [0, 0.05) is 19.7 Å². The van der Waals surface area contributed by atoms with Gasteiger partial charge in [0.05, 0.1) is 0 Å². The molecule has 0 aliphatic carbocycles. The Kier molecular flexibility index (Phi) is 5.27. The molecule has 1 saturated heterocycles. The van der Waals surface area contributed by atoms with E-state index in [1.807, 2.05) is 65.6 Å². The van der Waals surface area contributed by atoms with Crippen LogP contribution in [0.25, 0.3) is 0 Å². The summed E-state index contributed by atoms with van der Waals surface area (Å²) in [5.74, 6) is 0. The molecule has 1 fully saturated rings. The summed E-state index contributed by atoms with van der Waals surface area (Å²) in [6, 6.07) is 20.0. The van der Waals surface area contributed by atoms with Crippen molar-refractivity contribution < 1.29 is 9.53 Å². The van der Waals surface area contributed by atoms with E-state index < -0.39 is 0 Å². The number of nitrogens with one attached hydrogen (secondary N) is 1. The van der Waals surface area contributed by atoms with Gasteiger partial charge < -0.3 is 15.0 Å². The van der Waals surface area contributed by atoms with Gasteiger partial charge in [0.2, 0.25) is 0 Å². The van der Waals surface area contributed by atoms with Crippen molar-refractivity contribution in [3.63, 3.8) is 0 Å². The molecule has 4 heteroatoms. The second-order valence-electron chi connectivity index (χ2n) is 5.78. The number of hydrogen-bond donors (Lipinski definition) is 1. The van der Waals surface area contributed by atoms with E-state index in [-0.39, 0.29) is 12.3 Å². The molecule has 4 nitrogen and oxygen atoms in total. The molecule has 120 valence electrons. The Morgan fingerprint density at radius 1 is 1.00 bits per heavy atom. The van der Waals surface area contributed by atoms with Crippen molar-refractivity contribution >= 4 is 6.03 Å². The minimum atomic E-state index is -0.156. The molecular weight excluding hydrogens is 288 g/mol. The standard InChI is InChI=1S/C19H22N2O2/c22-19(20-18-12-7-13-23-18)21(14-16-8-3-1-4-9-16)15-17-10-5-2-6-11-17/h1-6,8-11,18H,7,12-15H2,(H,20,22). The van der Waals surface area contributed by atoms with Crippen LogP contribution < -0.4 is 5.32 Å². The molecule has 1 heterocycles. The largest absolute Gasteiger partial charge is 0.358 e. The lowest BCUT2D eigenvalue weighted by Gasteiger charge is -2.25. The normalized spacial score (nSPS) is 17.0. The zero-order chi connectivity index (χ0) is 15.9. The van der Waals surface area contributed by atoms with Crippen molar-refractivity contribution in [3.8, 4) is 0 Å². The first-order valence-corrected chi connectivity index (χ1v) is 8.06. The molecule has 1 atom stereocenters. The Morgan fingerprint density at radius 3 is 2.04 bits per heavy atom. The fourth-order valence-corrected chi connectivity index (χ4v) is 2.73. The van der Waals surface area contributed by atoms with Gasteiger partial charge in [-0.3, -0.25) is 0 Å². The second-order valence-corrected chi connectivity index (χ2v) is 5.78. The zero-order valence-electron chi connectivity index (χ0n) is 13.2. The number of nitrogens with zero attached hydrogens (tertiary/aromatic N) is 1. The minimum Gasteiger partial charge on any atom is -0.358 e. The molecule has 0 bridgehead atoms. The maximum Gasteiger partial charge on any atom is 0.320 e. The summed E-state index contributed by atoms with van der Waals surface area (Å²) in [5.41, 5.74) is 2.23. The molecule has 3 rings (SSSR count). The first kappa shape index (κ1) is 15.6. The highest BCUT2D eigenvalue weighted by Crippen LogP contribution is 2.13. The van der Waals surface area contributed by atoms with E-state index in [2.05, 4.69) is 5.32 Å². The van der Waals surface area contributed by atoms with Gasteiger partial charge in [-0.15, -0.1) is 0 Å². The Hall–Kier alpha value is -2.33. The zero-order valence-corrected chi connectivity index (χ0v) is 13.2. The number of hydrogen-bond acceptors (Lipinski definition) is 2. The van der Waals surface area contributed by atoms with Crippen molar-refractivity contribution in [2.24, 2.45) is 0 Å². The van der Waals surface area contributed by atoms with Crippen molar-refractivity contribution in [2.75, 3.05) is 6.61 Å². The highest BCUT2D eigenvalue weighted by atomic mass is 16.5. The predicted molar refractivity (Wildman–Crippen MR) is 89.6 cm³/mol. The molecule has 0 spiro atoms. The van der Waals surface area contributed by atoms with Crippen LogP contribution in [0.1, 0.15) is 24.0 Å². The average molecular weight is 310 g/mol. The lowest BCUT2D eigenvalue weighted by molar-refractivity contribution is 0.0824. The monoisotopic (exact) mass is 310 g/mol. The fraction of sp³-hybridized carbons (Fsp3) is 0.316. The third-order valence-electron chi connectivity index (χ3n) is 3.93. The van der Waals surface area contributed by atoms with E-state index in [0.717, 1.165) is 30.6 Å². The summed E-state index contributed by atoms with van der Waals surface area (Å²) in [7, 11) is 0. The number of rotatable bonds is 5. The van der Waals surface area contributed by atoms with E-state index in [0.29, 0.717) is 13.1 Å². The lowest BCUT2D eigenvalue weighted by atomic mass is 10.2. The van der Waals surface area contributed by atoms with Crippen LogP contribution >= 0.6 is 0 Å². The third-order valence-corrected chi connectivity index (χ3v) is 3.93. The van der Waals surface area contributed by atoms with E-state index >= 15 is 0 Å². The second kappa shape index (κ2) is 7.79. The maximum atomic E-state index is 12.6. The van der Waals surface area contributed by atoms with Crippen molar-refractivity contribution in [1.82, 2.24) is 10.2 Å². The van der Waals surface area contributed by atoms with Crippen LogP contribution in [0.5, 0.6) is 0 Å². The summed E-state index contributed by atoms with van der Waals surface area (Å²) in [6.07, 6.45) is 1.73. The van der Waals surface area contributed by atoms with Gasteiger partial charge in [-0.05, 0) is 24.0 Å². The molecule has 2 aromatic carbocycles. The van der Waals surface area contributed by atoms with Gasteiger partial charge in [-0.25, -0.2) is 4.79 Å². The Labute approximate surface area is 137 Å². The average Bonchev–Trinajstić information content (AvgIpc) is 3.09. The molecule has 1 N–H and O–H groups in total. The molecule has 1 aliphatic rings. The van der Waals surface area contributed by atoms with Crippen molar-refractivity contribution in [2.45, 2.75) is 32.2 Å².